The number of hydrogen-bond donors (Lipinski definition) is 2. The summed E-state index contributed by atoms with van der Waals surface area (Å²) in [6, 6.07) is 11.7. The van der Waals surface area contributed by atoms with Crippen LogP contribution in [-0.2, 0) is 0 Å². The summed E-state index contributed by atoms with van der Waals surface area (Å²) >= 11 is 7.61. The Bertz CT molecular complexity index is 1090. The number of benzene rings is 1. The van der Waals surface area contributed by atoms with Crippen LogP contribution in [0.15, 0.2) is 53.4 Å². The van der Waals surface area contributed by atoms with Gasteiger partial charge in [0.15, 0.2) is 11.8 Å². The van der Waals surface area contributed by atoms with Gasteiger partial charge in [0.1, 0.15) is 11.2 Å². The van der Waals surface area contributed by atoms with Crippen LogP contribution in [-0.4, -0.2) is 45.9 Å². The van der Waals surface area contributed by atoms with Crippen LogP contribution in [0.2, 0.25) is 5.02 Å². The fourth-order valence-electron chi connectivity index (χ4n) is 3.87. The molecule has 0 radical (unpaired) electrons. The Kier molecular flexibility index (Phi) is 4.46. The van der Waals surface area contributed by atoms with Gasteiger partial charge in [-0.1, -0.05) is 29.0 Å². The number of nitrogens with one attached hydrogen (secondary N) is 1. The number of rotatable bonds is 4. The van der Waals surface area contributed by atoms with Gasteiger partial charge in [-0.15, -0.1) is 0 Å². The number of anilines is 1. The van der Waals surface area contributed by atoms with Crippen molar-refractivity contribution in [2.75, 3.05) is 31.1 Å². The van der Waals surface area contributed by atoms with Crippen molar-refractivity contribution < 1.29 is 14.4 Å². The Balaban J connectivity index is 1.43. The van der Waals surface area contributed by atoms with Crippen LogP contribution < -0.4 is 9.80 Å². The zero-order chi connectivity index (χ0) is 19.1. The highest BCUT2D eigenvalue weighted by Crippen LogP contribution is 2.34. The summed E-state index contributed by atoms with van der Waals surface area (Å²) in [5.74, 6) is 0.981. The van der Waals surface area contributed by atoms with Crippen LogP contribution in [0.5, 0.6) is 5.88 Å². The summed E-state index contributed by atoms with van der Waals surface area (Å²) in [7, 11) is 0. The molecule has 7 nitrogen and oxygen atoms in total. The highest BCUT2D eigenvalue weighted by Gasteiger charge is 2.36. The minimum Gasteiger partial charge on any atom is -0.492 e. The zero-order valence-electron chi connectivity index (χ0n) is 15.0. The molecule has 5 rings (SSSR count). The highest BCUT2D eigenvalue weighted by molar-refractivity contribution is 7.17. The van der Waals surface area contributed by atoms with E-state index >= 15 is 0 Å². The molecule has 2 N–H and O–H groups in total. The van der Waals surface area contributed by atoms with Crippen LogP contribution in [0.4, 0.5) is 5.69 Å². The van der Waals surface area contributed by atoms with Gasteiger partial charge >= 0.3 is 0 Å². The summed E-state index contributed by atoms with van der Waals surface area (Å²) in [4.78, 5) is 9.42. The van der Waals surface area contributed by atoms with E-state index in [4.69, 9.17) is 16.0 Å². The molecule has 0 bridgehead atoms. The fourth-order valence-corrected chi connectivity index (χ4v) is 5.15. The third kappa shape index (κ3) is 3.03. The highest BCUT2D eigenvalue weighted by atomic mass is 35.5. The van der Waals surface area contributed by atoms with Gasteiger partial charge in [0.25, 0.3) is 0 Å². The van der Waals surface area contributed by atoms with Crippen molar-refractivity contribution in [3.8, 4) is 5.88 Å². The lowest BCUT2D eigenvalue weighted by Crippen LogP contribution is -3.15. The second-order valence-electron chi connectivity index (χ2n) is 6.82. The van der Waals surface area contributed by atoms with E-state index in [1.807, 2.05) is 30.3 Å². The van der Waals surface area contributed by atoms with Crippen molar-refractivity contribution in [3.63, 3.8) is 0 Å². The van der Waals surface area contributed by atoms with Gasteiger partial charge in [-0.05, 0) is 30.3 Å². The molecule has 1 atom stereocenters. The van der Waals surface area contributed by atoms with Crippen molar-refractivity contribution in [2.24, 2.45) is 0 Å². The standard InChI is InChI=1S/C19H18ClN5O2S/c20-13-3-1-4-14(11-13)23-6-8-24(9-7-23)16(15-5-2-10-27-15)17-18(26)25-19(28-17)21-12-22-25/h1-5,10-12,16,26H,6-9H2/p+1/t16-/m0/s1. The molecule has 1 fully saturated rings. The molecule has 1 aromatic carbocycles. The first kappa shape index (κ1) is 17.5. The first-order valence-electron chi connectivity index (χ1n) is 9.10. The molecule has 144 valence electrons. The molecule has 0 spiro atoms. The molecular weight excluding hydrogens is 398 g/mol. The molecule has 3 aromatic heterocycles. The number of nitrogens with zero attached hydrogens (tertiary/aromatic N) is 4. The van der Waals surface area contributed by atoms with Crippen LogP contribution >= 0.6 is 22.9 Å². The van der Waals surface area contributed by atoms with E-state index in [0.29, 0.717) is 4.96 Å². The Morgan fingerprint density at radius 1 is 1.21 bits per heavy atom. The SMILES string of the molecule is Oc1c([C@H](c2ccco2)[NH+]2CCN(c3cccc(Cl)c3)CC2)sc2ncnn12. The zero-order valence-corrected chi connectivity index (χ0v) is 16.5. The molecule has 9 heteroatoms. The molecule has 1 saturated heterocycles. The topological polar surface area (TPSA) is 71.2 Å². The van der Waals surface area contributed by atoms with Crippen molar-refractivity contribution in [1.29, 1.82) is 0 Å². The summed E-state index contributed by atoms with van der Waals surface area (Å²) in [5.41, 5.74) is 1.14. The molecule has 4 heterocycles. The van der Waals surface area contributed by atoms with Crippen LogP contribution in [0, 0.1) is 0 Å². The smallest absolute Gasteiger partial charge is 0.235 e. The molecule has 0 unspecified atom stereocenters. The van der Waals surface area contributed by atoms with E-state index in [2.05, 4.69) is 21.0 Å². The number of thiazole rings is 1. The van der Waals surface area contributed by atoms with Crippen molar-refractivity contribution in [2.45, 2.75) is 6.04 Å². The third-order valence-corrected chi connectivity index (χ3v) is 6.55. The number of fused-ring (bicyclic) bond motifs is 1. The van der Waals surface area contributed by atoms with E-state index in [9.17, 15) is 5.11 Å². The third-order valence-electron chi connectivity index (χ3n) is 5.22. The maximum absolute atomic E-state index is 10.7. The van der Waals surface area contributed by atoms with E-state index in [1.165, 1.54) is 27.1 Å². The van der Waals surface area contributed by atoms with E-state index < -0.39 is 0 Å². The molecule has 28 heavy (non-hydrogen) atoms. The van der Waals surface area contributed by atoms with Crippen molar-refractivity contribution in [3.05, 3.63) is 64.6 Å². The number of piperazine rings is 1. The van der Waals surface area contributed by atoms with E-state index in [1.54, 1.807) is 6.26 Å². The van der Waals surface area contributed by atoms with Gasteiger partial charge in [0, 0.05) is 10.7 Å². The van der Waals surface area contributed by atoms with E-state index in [0.717, 1.165) is 47.5 Å². The van der Waals surface area contributed by atoms with Gasteiger partial charge in [-0.25, -0.2) is 4.98 Å². The lowest BCUT2D eigenvalue weighted by molar-refractivity contribution is -0.926. The molecule has 1 aliphatic rings. The molecular formula is C19H19ClN5O2S+. The maximum atomic E-state index is 10.7. The van der Waals surface area contributed by atoms with Crippen molar-refractivity contribution >= 4 is 33.6 Å². The van der Waals surface area contributed by atoms with Gasteiger partial charge in [0.05, 0.1) is 32.4 Å². The van der Waals surface area contributed by atoms with Gasteiger partial charge in [0.2, 0.25) is 10.8 Å². The number of aromatic nitrogens is 3. The number of aromatic hydroxyl groups is 1. The Hall–Kier alpha value is -2.55. The average molecular weight is 417 g/mol. The summed E-state index contributed by atoms with van der Waals surface area (Å²) in [6.45, 7) is 3.61. The second kappa shape index (κ2) is 7.12. The molecule has 1 aliphatic heterocycles. The summed E-state index contributed by atoms with van der Waals surface area (Å²) < 4.78 is 7.24. The maximum Gasteiger partial charge on any atom is 0.235 e. The van der Waals surface area contributed by atoms with Gasteiger partial charge in [-0.2, -0.15) is 9.61 Å². The number of quaternary nitrogens is 1. The van der Waals surface area contributed by atoms with Crippen LogP contribution in [0.1, 0.15) is 16.7 Å². The minimum atomic E-state index is -0.0926. The van der Waals surface area contributed by atoms with Crippen molar-refractivity contribution in [1.82, 2.24) is 14.6 Å². The Morgan fingerprint density at radius 3 is 2.79 bits per heavy atom. The predicted molar refractivity (Wildman–Crippen MR) is 107 cm³/mol. The number of hydrogen-bond acceptors (Lipinski definition) is 6. The van der Waals surface area contributed by atoms with Gasteiger partial charge < -0.3 is 19.3 Å². The van der Waals surface area contributed by atoms with Gasteiger partial charge in [-0.3, -0.25) is 0 Å². The Morgan fingerprint density at radius 2 is 2.07 bits per heavy atom. The monoisotopic (exact) mass is 416 g/mol. The summed E-state index contributed by atoms with van der Waals surface area (Å²) in [5, 5.41) is 15.6. The molecule has 0 aliphatic carbocycles. The number of furan rings is 1. The lowest BCUT2D eigenvalue weighted by atomic mass is 10.1. The average Bonchev–Trinajstić information content (AvgIpc) is 3.44. The predicted octanol–water partition coefficient (Wildman–Crippen LogP) is 2.24. The first-order valence-corrected chi connectivity index (χ1v) is 10.3. The summed E-state index contributed by atoms with van der Waals surface area (Å²) in [6.07, 6.45) is 3.13. The molecule has 0 amide bonds. The number of halogens is 1. The normalized spacial score (nSPS) is 16.7. The van der Waals surface area contributed by atoms with Crippen LogP contribution in [0.25, 0.3) is 4.96 Å². The largest absolute Gasteiger partial charge is 0.492 e. The fraction of sp³-hybridized carbons (Fsp3) is 0.263. The molecule has 0 saturated carbocycles. The lowest BCUT2D eigenvalue weighted by Gasteiger charge is -2.36. The second-order valence-corrected chi connectivity index (χ2v) is 8.26. The Labute approximate surface area is 170 Å². The van der Waals surface area contributed by atoms with E-state index in [-0.39, 0.29) is 11.9 Å². The van der Waals surface area contributed by atoms with Crippen LogP contribution in [0.3, 0.4) is 0 Å². The first-order chi connectivity index (χ1) is 13.7. The minimum absolute atomic E-state index is 0.0926. The quantitative estimate of drug-likeness (QED) is 0.534. The molecule has 4 aromatic rings.